The number of rotatable bonds is 3. The van der Waals surface area contributed by atoms with Crippen LogP contribution in [0, 0.1) is 0 Å². The van der Waals surface area contributed by atoms with Crippen molar-refractivity contribution in [3.8, 4) is 16.1 Å². The molecule has 158 valence electrons. The molecule has 31 heavy (non-hydrogen) atoms. The van der Waals surface area contributed by atoms with Gasteiger partial charge >= 0.3 is 6.18 Å². The number of benzene rings is 1. The fourth-order valence-electron chi connectivity index (χ4n) is 3.72. The van der Waals surface area contributed by atoms with Gasteiger partial charge in [-0.25, -0.2) is 4.98 Å². The van der Waals surface area contributed by atoms with Gasteiger partial charge in [-0.2, -0.15) is 23.0 Å². The summed E-state index contributed by atoms with van der Waals surface area (Å²) < 4.78 is 40.2. The topological polar surface area (TPSA) is 51.0 Å². The normalized spacial score (nSPS) is 14.5. The van der Waals surface area contributed by atoms with Crippen molar-refractivity contribution in [3.63, 3.8) is 0 Å². The number of alkyl halides is 3. The van der Waals surface area contributed by atoms with E-state index < -0.39 is 11.7 Å². The van der Waals surface area contributed by atoms with Gasteiger partial charge in [0, 0.05) is 23.4 Å². The van der Waals surface area contributed by atoms with E-state index >= 15 is 0 Å². The first-order chi connectivity index (χ1) is 14.9. The molecule has 0 unspecified atom stereocenters. The molecule has 0 atom stereocenters. The molecule has 0 amide bonds. The Morgan fingerprint density at radius 3 is 2.35 bits per heavy atom. The maximum Gasteiger partial charge on any atom is 0.416 e. The molecular formula is C22H17F3N4OS. The first-order valence-corrected chi connectivity index (χ1v) is 10.6. The molecular weight excluding hydrogens is 425 g/mol. The Hall–Kier alpha value is -3.20. The molecule has 0 radical (unpaired) electrons. The first-order valence-electron chi connectivity index (χ1n) is 9.81. The molecule has 9 heteroatoms. The standard InChI is InChI=1S/C22H17F3N4OS/c23-22(24,25)16-5-3-14(4-6-16)18-11-15-12-27-29(21(30)20(15)31-18)17-7-8-19(26-13-17)28-9-1-2-10-28/h3-8,11-13H,1-2,9-10H2. The number of anilines is 1. The van der Waals surface area contributed by atoms with E-state index in [9.17, 15) is 18.0 Å². The summed E-state index contributed by atoms with van der Waals surface area (Å²) in [5.41, 5.74) is 0.207. The predicted molar refractivity (Wildman–Crippen MR) is 115 cm³/mol. The summed E-state index contributed by atoms with van der Waals surface area (Å²) in [5.74, 6) is 0.885. The van der Waals surface area contributed by atoms with Crippen molar-refractivity contribution in [1.29, 1.82) is 0 Å². The summed E-state index contributed by atoms with van der Waals surface area (Å²) in [6.45, 7) is 1.97. The van der Waals surface area contributed by atoms with Gasteiger partial charge in [0.25, 0.3) is 5.56 Å². The van der Waals surface area contributed by atoms with Crippen LogP contribution in [0.15, 0.2) is 59.7 Å². The van der Waals surface area contributed by atoms with Crippen LogP contribution in [0.4, 0.5) is 19.0 Å². The zero-order valence-corrected chi connectivity index (χ0v) is 17.1. The van der Waals surface area contributed by atoms with Gasteiger partial charge in [-0.05, 0) is 48.7 Å². The average molecular weight is 442 g/mol. The molecule has 1 aromatic carbocycles. The van der Waals surface area contributed by atoms with Crippen molar-refractivity contribution < 1.29 is 13.2 Å². The molecule has 0 bridgehead atoms. The summed E-state index contributed by atoms with van der Waals surface area (Å²) in [5, 5.41) is 4.92. The molecule has 1 fully saturated rings. The Morgan fingerprint density at radius 2 is 1.71 bits per heavy atom. The smallest absolute Gasteiger partial charge is 0.357 e. The second kappa shape index (κ2) is 7.49. The molecule has 1 saturated heterocycles. The quantitative estimate of drug-likeness (QED) is 0.442. The van der Waals surface area contributed by atoms with E-state index in [1.807, 2.05) is 12.1 Å². The van der Waals surface area contributed by atoms with Gasteiger partial charge in [-0.3, -0.25) is 4.79 Å². The summed E-state index contributed by atoms with van der Waals surface area (Å²) >= 11 is 1.24. The van der Waals surface area contributed by atoms with E-state index in [-0.39, 0.29) is 5.56 Å². The molecule has 5 rings (SSSR count). The number of thiophene rings is 1. The zero-order valence-electron chi connectivity index (χ0n) is 16.3. The van der Waals surface area contributed by atoms with Gasteiger partial charge in [0.15, 0.2) is 0 Å². The minimum absolute atomic E-state index is 0.281. The molecule has 0 N–H and O–H groups in total. The second-order valence-corrected chi connectivity index (χ2v) is 8.45. The molecule has 3 aromatic heterocycles. The Labute approximate surface area is 179 Å². The number of hydrogen-bond donors (Lipinski definition) is 0. The maximum absolute atomic E-state index is 13.0. The van der Waals surface area contributed by atoms with Crippen molar-refractivity contribution in [2.24, 2.45) is 0 Å². The number of halogens is 3. The van der Waals surface area contributed by atoms with Gasteiger partial charge in [-0.1, -0.05) is 12.1 Å². The molecule has 5 nitrogen and oxygen atoms in total. The number of aromatic nitrogens is 3. The van der Waals surface area contributed by atoms with E-state index in [4.69, 9.17) is 0 Å². The molecule has 0 aliphatic carbocycles. The molecule has 0 saturated carbocycles. The van der Waals surface area contributed by atoms with E-state index in [0.717, 1.165) is 43.9 Å². The summed E-state index contributed by atoms with van der Waals surface area (Å²) in [6, 6.07) is 10.4. The lowest BCUT2D eigenvalue weighted by Crippen LogP contribution is -2.21. The predicted octanol–water partition coefficient (Wildman–Crippen LogP) is 5.13. The van der Waals surface area contributed by atoms with Gasteiger partial charge < -0.3 is 4.90 Å². The highest BCUT2D eigenvalue weighted by Crippen LogP contribution is 2.34. The monoisotopic (exact) mass is 442 g/mol. The number of pyridine rings is 1. The largest absolute Gasteiger partial charge is 0.416 e. The Kier molecular flexibility index (Phi) is 4.77. The van der Waals surface area contributed by atoms with Crippen LogP contribution >= 0.6 is 11.3 Å². The third-order valence-corrected chi connectivity index (χ3v) is 6.55. The number of nitrogens with zero attached hydrogens (tertiary/aromatic N) is 4. The van der Waals surface area contributed by atoms with Crippen LogP contribution in [0.1, 0.15) is 18.4 Å². The van der Waals surface area contributed by atoms with Crippen molar-refractivity contribution in [2.75, 3.05) is 18.0 Å². The molecule has 1 aliphatic rings. The fourth-order valence-corrected chi connectivity index (χ4v) is 4.79. The van der Waals surface area contributed by atoms with E-state index in [1.165, 1.54) is 28.2 Å². The molecule has 4 aromatic rings. The van der Waals surface area contributed by atoms with Gasteiger partial charge in [0.05, 0.1) is 23.6 Å². The van der Waals surface area contributed by atoms with Gasteiger partial charge in [-0.15, -0.1) is 11.3 Å². The van der Waals surface area contributed by atoms with E-state index in [0.29, 0.717) is 26.2 Å². The summed E-state index contributed by atoms with van der Waals surface area (Å²) in [6.07, 6.45) is 1.16. The van der Waals surface area contributed by atoms with Gasteiger partial charge in [0.2, 0.25) is 0 Å². The average Bonchev–Trinajstić information content (AvgIpc) is 3.44. The molecule has 0 spiro atoms. The van der Waals surface area contributed by atoms with Crippen LogP contribution in [0.2, 0.25) is 0 Å². The minimum atomic E-state index is -4.38. The number of hydrogen-bond acceptors (Lipinski definition) is 5. The molecule has 1 aliphatic heterocycles. The Morgan fingerprint density at radius 1 is 0.968 bits per heavy atom. The summed E-state index contributed by atoms with van der Waals surface area (Å²) in [4.78, 5) is 20.4. The number of fused-ring (bicyclic) bond motifs is 1. The summed E-state index contributed by atoms with van der Waals surface area (Å²) in [7, 11) is 0. The van der Waals surface area contributed by atoms with Crippen LogP contribution < -0.4 is 10.5 Å². The second-order valence-electron chi connectivity index (χ2n) is 7.40. The van der Waals surface area contributed by atoms with Crippen LogP contribution in [-0.2, 0) is 6.18 Å². The Bertz CT molecular complexity index is 1290. The van der Waals surface area contributed by atoms with Crippen LogP contribution in [0.3, 0.4) is 0 Å². The lowest BCUT2D eigenvalue weighted by atomic mass is 10.1. The first kappa shape index (κ1) is 19.7. The van der Waals surface area contributed by atoms with Crippen LogP contribution in [0.25, 0.3) is 26.2 Å². The van der Waals surface area contributed by atoms with Crippen molar-refractivity contribution in [1.82, 2.24) is 14.8 Å². The lowest BCUT2D eigenvalue weighted by molar-refractivity contribution is -0.137. The lowest BCUT2D eigenvalue weighted by Gasteiger charge is -2.16. The molecule has 4 heterocycles. The van der Waals surface area contributed by atoms with E-state index in [1.54, 1.807) is 18.5 Å². The SMILES string of the molecule is O=c1c2sc(-c3ccc(C(F)(F)F)cc3)cc2cnn1-c1ccc(N2CCCC2)nc1. The fraction of sp³-hybridized carbons (Fsp3) is 0.227. The van der Waals surface area contributed by atoms with Crippen molar-refractivity contribution in [2.45, 2.75) is 19.0 Å². The maximum atomic E-state index is 13.0. The van der Waals surface area contributed by atoms with Gasteiger partial charge in [0.1, 0.15) is 10.5 Å². The van der Waals surface area contributed by atoms with Crippen LogP contribution in [0.5, 0.6) is 0 Å². The van der Waals surface area contributed by atoms with Crippen molar-refractivity contribution >= 4 is 27.2 Å². The third kappa shape index (κ3) is 3.69. The minimum Gasteiger partial charge on any atom is -0.357 e. The highest BCUT2D eigenvalue weighted by molar-refractivity contribution is 7.22. The van der Waals surface area contributed by atoms with Crippen molar-refractivity contribution in [3.05, 3.63) is 70.8 Å². The zero-order chi connectivity index (χ0) is 21.6. The highest BCUT2D eigenvalue weighted by Gasteiger charge is 2.30. The highest BCUT2D eigenvalue weighted by atomic mass is 32.1. The Balaban J connectivity index is 1.48. The third-order valence-electron chi connectivity index (χ3n) is 5.36. The van der Waals surface area contributed by atoms with Crippen LogP contribution in [-0.4, -0.2) is 27.9 Å². The van der Waals surface area contributed by atoms with E-state index in [2.05, 4.69) is 15.0 Å².